The molecule has 3 saturated heterocycles. The summed E-state index contributed by atoms with van der Waals surface area (Å²) in [6.45, 7) is 8.70. The Kier molecular flexibility index (Phi) is 7.81. The fraction of sp³-hybridized carbons (Fsp3) is 0.762. The zero-order valence-electron chi connectivity index (χ0n) is 18.3. The summed E-state index contributed by atoms with van der Waals surface area (Å²) in [5.74, 6) is -0.422. The van der Waals surface area contributed by atoms with Crippen molar-refractivity contribution in [3.8, 4) is 0 Å². The van der Waals surface area contributed by atoms with Gasteiger partial charge in [-0.1, -0.05) is 12.1 Å². The zero-order chi connectivity index (χ0) is 23.5. The fourth-order valence-electron chi connectivity index (χ4n) is 4.45. The van der Waals surface area contributed by atoms with Crippen molar-refractivity contribution in [3.05, 3.63) is 17.5 Å². The Morgan fingerprint density at radius 3 is 2.44 bits per heavy atom. The molecule has 4 rings (SSSR count). The third kappa shape index (κ3) is 6.44. The fourth-order valence-corrected chi connectivity index (χ4v) is 4.45. The van der Waals surface area contributed by atoms with Crippen molar-refractivity contribution >= 4 is 11.9 Å². The van der Waals surface area contributed by atoms with Gasteiger partial charge in [0.2, 0.25) is 0 Å². The number of rotatable bonds is 3. The van der Waals surface area contributed by atoms with Crippen LogP contribution in [0.4, 0.5) is 13.2 Å². The highest BCUT2D eigenvalue weighted by atomic mass is 19.4. The monoisotopic (exact) mass is 461 g/mol. The van der Waals surface area contributed by atoms with Crippen molar-refractivity contribution < 1.29 is 37.1 Å². The first-order valence-electron chi connectivity index (χ1n) is 10.9. The molecule has 8 nitrogen and oxygen atoms in total. The first kappa shape index (κ1) is 24.5. The summed E-state index contributed by atoms with van der Waals surface area (Å²) in [5.41, 5.74) is 0.976. The molecule has 32 heavy (non-hydrogen) atoms. The third-order valence-corrected chi connectivity index (χ3v) is 6.31. The molecule has 0 radical (unpaired) electrons. The van der Waals surface area contributed by atoms with Crippen LogP contribution < -0.4 is 0 Å². The predicted octanol–water partition coefficient (Wildman–Crippen LogP) is 2.85. The highest BCUT2D eigenvalue weighted by Gasteiger charge is 2.43. The number of aromatic nitrogens is 1. The molecule has 11 heteroatoms. The number of carbonyl (C=O) groups is 2. The third-order valence-electron chi connectivity index (χ3n) is 6.31. The molecule has 1 amide bonds. The van der Waals surface area contributed by atoms with E-state index in [-0.39, 0.29) is 18.1 Å². The first-order chi connectivity index (χ1) is 15.0. The Balaban J connectivity index is 0.000000360. The lowest BCUT2D eigenvalue weighted by Crippen LogP contribution is -2.44. The summed E-state index contributed by atoms with van der Waals surface area (Å²) in [6, 6.07) is 1.99. The van der Waals surface area contributed by atoms with Crippen molar-refractivity contribution in [1.82, 2.24) is 15.0 Å². The summed E-state index contributed by atoms with van der Waals surface area (Å²) >= 11 is 0. The van der Waals surface area contributed by atoms with E-state index in [0.717, 1.165) is 75.8 Å². The number of nitrogens with zero attached hydrogens (tertiary/aromatic N) is 3. The van der Waals surface area contributed by atoms with Crippen LogP contribution in [0.25, 0.3) is 0 Å². The molecule has 1 N–H and O–H groups in total. The van der Waals surface area contributed by atoms with Crippen LogP contribution in [0.5, 0.6) is 0 Å². The van der Waals surface area contributed by atoms with Crippen molar-refractivity contribution in [2.45, 2.75) is 64.5 Å². The highest BCUT2D eigenvalue weighted by Crippen LogP contribution is 2.35. The lowest BCUT2D eigenvalue weighted by Gasteiger charge is -2.33. The number of aliphatic carboxylic acids is 1. The smallest absolute Gasteiger partial charge is 0.475 e. The molecule has 180 valence electrons. The lowest BCUT2D eigenvalue weighted by molar-refractivity contribution is -0.192. The second-order valence-corrected chi connectivity index (χ2v) is 8.92. The molecule has 0 bridgehead atoms. The molecule has 0 saturated carbocycles. The molecule has 1 aromatic heterocycles. The maximum atomic E-state index is 12.8. The number of fused-ring (bicyclic) bond motifs is 1. The molecule has 0 spiro atoms. The Labute approximate surface area is 184 Å². The topological polar surface area (TPSA) is 96.1 Å². The summed E-state index contributed by atoms with van der Waals surface area (Å²) in [7, 11) is 0. The number of carboxylic acid groups (broad SMARTS) is 1. The summed E-state index contributed by atoms with van der Waals surface area (Å²) in [6.07, 6.45) is -0.890. The van der Waals surface area contributed by atoms with E-state index in [2.05, 4.69) is 17.0 Å². The minimum absolute atomic E-state index is 0.180. The molecular weight excluding hydrogens is 431 g/mol. The van der Waals surface area contributed by atoms with Crippen LogP contribution >= 0.6 is 0 Å². The van der Waals surface area contributed by atoms with Gasteiger partial charge in [-0.3, -0.25) is 9.69 Å². The number of carboxylic acids is 1. The number of carbonyl (C=O) groups excluding carboxylic acids is 1. The van der Waals surface area contributed by atoms with Gasteiger partial charge in [0.1, 0.15) is 11.9 Å². The SMILES string of the molecule is Cc1cc(CN2CC[C@H]3C[C@H](C(=O)N4CCC(C)CC4)O[C@H]3C2)no1.O=C(O)C(F)(F)F. The van der Waals surface area contributed by atoms with E-state index in [1.165, 1.54) is 0 Å². The van der Waals surface area contributed by atoms with E-state index in [1.54, 1.807) is 0 Å². The number of amides is 1. The molecule has 3 atom stereocenters. The standard InChI is InChI=1S/C19H29N3O3.C2HF3O2/c1-13-3-7-22(8-4-13)19(23)17-10-15-5-6-21(12-18(15)24-17)11-16-9-14(2)25-20-16;3-2(4,5)1(6)7/h9,13,15,17-18H,3-8,10-12H2,1-2H3;(H,6,7)/t15-,17+,18-;/m0./s1. The molecule has 3 fully saturated rings. The molecule has 0 aliphatic carbocycles. The van der Waals surface area contributed by atoms with E-state index >= 15 is 0 Å². The number of alkyl halides is 3. The minimum atomic E-state index is -5.08. The van der Waals surface area contributed by atoms with Gasteiger partial charge >= 0.3 is 12.1 Å². The first-order valence-corrected chi connectivity index (χ1v) is 10.9. The van der Waals surface area contributed by atoms with E-state index in [4.69, 9.17) is 19.2 Å². The molecule has 3 aliphatic rings. The molecule has 3 aliphatic heterocycles. The lowest BCUT2D eigenvalue weighted by atomic mass is 9.91. The van der Waals surface area contributed by atoms with Gasteiger partial charge in [-0.2, -0.15) is 13.2 Å². The van der Waals surface area contributed by atoms with Crippen LogP contribution in [0.2, 0.25) is 0 Å². The van der Waals surface area contributed by atoms with Gasteiger partial charge < -0.3 is 19.3 Å². The van der Waals surface area contributed by atoms with Crippen LogP contribution in [0.1, 0.15) is 44.1 Å². The van der Waals surface area contributed by atoms with Gasteiger partial charge in [0.05, 0.1) is 11.8 Å². The van der Waals surface area contributed by atoms with Gasteiger partial charge in [0, 0.05) is 32.2 Å². The van der Waals surface area contributed by atoms with Crippen LogP contribution in [0.3, 0.4) is 0 Å². The molecule has 4 heterocycles. The Bertz CT molecular complexity index is 792. The molecule has 1 aromatic rings. The number of halogens is 3. The Morgan fingerprint density at radius 2 is 1.88 bits per heavy atom. The minimum Gasteiger partial charge on any atom is -0.475 e. The molecule has 0 unspecified atom stereocenters. The second kappa shape index (κ2) is 10.2. The summed E-state index contributed by atoms with van der Waals surface area (Å²) in [4.78, 5) is 26.1. The number of likely N-dealkylation sites (tertiary alicyclic amines) is 2. The average molecular weight is 461 g/mol. The van der Waals surface area contributed by atoms with Gasteiger partial charge in [-0.15, -0.1) is 0 Å². The van der Waals surface area contributed by atoms with E-state index in [1.807, 2.05) is 17.9 Å². The van der Waals surface area contributed by atoms with E-state index < -0.39 is 12.1 Å². The molecular formula is C21H30F3N3O5. The summed E-state index contributed by atoms with van der Waals surface area (Å²) in [5, 5.41) is 11.2. The van der Waals surface area contributed by atoms with Crippen LogP contribution in [0, 0.1) is 18.8 Å². The number of piperidine rings is 2. The van der Waals surface area contributed by atoms with Crippen molar-refractivity contribution in [2.75, 3.05) is 26.2 Å². The Morgan fingerprint density at radius 1 is 1.22 bits per heavy atom. The van der Waals surface area contributed by atoms with E-state index in [9.17, 15) is 18.0 Å². The number of hydrogen-bond acceptors (Lipinski definition) is 6. The quantitative estimate of drug-likeness (QED) is 0.740. The van der Waals surface area contributed by atoms with Crippen LogP contribution in [-0.4, -0.2) is 76.5 Å². The second-order valence-electron chi connectivity index (χ2n) is 8.92. The summed E-state index contributed by atoms with van der Waals surface area (Å²) < 4.78 is 43.1. The molecule has 0 aromatic carbocycles. The average Bonchev–Trinajstić information content (AvgIpc) is 3.33. The normalized spacial score (nSPS) is 26.9. The van der Waals surface area contributed by atoms with E-state index in [0.29, 0.717) is 5.92 Å². The van der Waals surface area contributed by atoms with Gasteiger partial charge in [0.25, 0.3) is 5.91 Å². The van der Waals surface area contributed by atoms with Crippen LogP contribution in [0.15, 0.2) is 10.6 Å². The largest absolute Gasteiger partial charge is 0.490 e. The predicted molar refractivity (Wildman–Crippen MR) is 107 cm³/mol. The zero-order valence-corrected chi connectivity index (χ0v) is 18.3. The van der Waals surface area contributed by atoms with Crippen molar-refractivity contribution in [3.63, 3.8) is 0 Å². The number of ether oxygens (including phenoxy) is 1. The van der Waals surface area contributed by atoms with Gasteiger partial charge in [0.15, 0.2) is 0 Å². The number of aryl methyl sites for hydroxylation is 1. The Hall–Kier alpha value is -2.14. The maximum Gasteiger partial charge on any atom is 0.490 e. The van der Waals surface area contributed by atoms with Crippen molar-refractivity contribution in [2.24, 2.45) is 11.8 Å². The van der Waals surface area contributed by atoms with Gasteiger partial charge in [-0.25, -0.2) is 4.79 Å². The maximum absolute atomic E-state index is 12.8. The van der Waals surface area contributed by atoms with Crippen LogP contribution in [-0.2, 0) is 20.9 Å². The van der Waals surface area contributed by atoms with Gasteiger partial charge in [-0.05, 0) is 51.0 Å². The highest BCUT2D eigenvalue weighted by molar-refractivity contribution is 5.81. The van der Waals surface area contributed by atoms with Crippen molar-refractivity contribution in [1.29, 1.82) is 0 Å². The number of hydrogen-bond donors (Lipinski definition) is 1.